The molecule has 1 nitrogen and oxygen atoms in total. The third-order valence-electron chi connectivity index (χ3n) is 1.76. The second-order valence-corrected chi connectivity index (χ2v) is 3.92. The molecule has 0 atom stereocenters. The van der Waals surface area contributed by atoms with Gasteiger partial charge in [-0.05, 0) is 33.3 Å². The zero-order valence-corrected chi connectivity index (χ0v) is 9.73. The number of nitrogens with zero attached hydrogens (tertiary/aromatic N) is 1. The Labute approximate surface area is 82.4 Å². The average molecular weight is 179 g/mol. The lowest BCUT2D eigenvalue weighted by atomic mass is 10.1. The first-order chi connectivity index (χ1) is 5.86. The van der Waals surface area contributed by atoms with Gasteiger partial charge in [0.1, 0.15) is 0 Å². The standard InChI is InChI=1S/C12H21N/c1-9(2)8-11(5)12(10(3)4)13(6)7/h8H,1H2,2-7H3/b11-8-. The average Bonchev–Trinajstić information content (AvgIpc) is 1.81. The van der Waals surface area contributed by atoms with Crippen molar-refractivity contribution in [1.29, 1.82) is 0 Å². The molecule has 0 fully saturated rings. The molecule has 0 aliphatic carbocycles. The summed E-state index contributed by atoms with van der Waals surface area (Å²) in [7, 11) is 4.14. The van der Waals surface area contributed by atoms with Gasteiger partial charge in [-0.25, -0.2) is 0 Å². The number of hydrogen-bond acceptors (Lipinski definition) is 1. The van der Waals surface area contributed by atoms with Crippen LogP contribution in [0.4, 0.5) is 0 Å². The fourth-order valence-corrected chi connectivity index (χ4v) is 1.63. The summed E-state index contributed by atoms with van der Waals surface area (Å²) >= 11 is 0. The summed E-state index contributed by atoms with van der Waals surface area (Å²) in [6, 6.07) is 0. The third kappa shape index (κ3) is 3.97. The Balaban J connectivity index is 5.01. The van der Waals surface area contributed by atoms with Crippen LogP contribution in [-0.4, -0.2) is 19.0 Å². The Kier molecular flexibility index (Phi) is 4.53. The zero-order valence-electron chi connectivity index (χ0n) is 9.73. The van der Waals surface area contributed by atoms with Gasteiger partial charge < -0.3 is 4.90 Å². The molecule has 1 heteroatoms. The van der Waals surface area contributed by atoms with E-state index in [1.54, 1.807) is 0 Å². The van der Waals surface area contributed by atoms with Crippen LogP contribution in [0, 0.1) is 0 Å². The molecule has 0 unspecified atom stereocenters. The molecule has 0 aliphatic rings. The van der Waals surface area contributed by atoms with Gasteiger partial charge in [0.15, 0.2) is 0 Å². The lowest BCUT2D eigenvalue weighted by Crippen LogP contribution is -2.13. The molecule has 0 aromatic carbocycles. The summed E-state index contributed by atoms with van der Waals surface area (Å²) in [5.41, 5.74) is 5.00. The predicted molar refractivity (Wildman–Crippen MR) is 60.6 cm³/mol. The quantitative estimate of drug-likeness (QED) is 0.600. The van der Waals surface area contributed by atoms with Crippen molar-refractivity contribution in [2.75, 3.05) is 14.1 Å². The lowest BCUT2D eigenvalue weighted by molar-refractivity contribution is 0.515. The van der Waals surface area contributed by atoms with Crippen LogP contribution in [0.15, 0.2) is 35.1 Å². The van der Waals surface area contributed by atoms with Crippen molar-refractivity contribution in [3.8, 4) is 0 Å². The molecule has 0 N–H and O–H groups in total. The van der Waals surface area contributed by atoms with Crippen molar-refractivity contribution in [3.05, 3.63) is 35.1 Å². The first-order valence-electron chi connectivity index (χ1n) is 4.55. The van der Waals surface area contributed by atoms with Gasteiger partial charge in [0, 0.05) is 19.8 Å². The van der Waals surface area contributed by atoms with Crippen LogP contribution in [0.1, 0.15) is 27.7 Å². The summed E-state index contributed by atoms with van der Waals surface area (Å²) in [6.45, 7) is 12.3. The monoisotopic (exact) mass is 179 g/mol. The highest BCUT2D eigenvalue weighted by molar-refractivity contribution is 5.35. The molecule has 0 saturated heterocycles. The molecule has 0 bridgehead atoms. The van der Waals surface area contributed by atoms with E-state index in [1.165, 1.54) is 16.8 Å². The zero-order chi connectivity index (χ0) is 10.6. The van der Waals surface area contributed by atoms with Crippen LogP contribution in [0.5, 0.6) is 0 Å². The summed E-state index contributed by atoms with van der Waals surface area (Å²) in [5, 5.41) is 0. The summed E-state index contributed by atoms with van der Waals surface area (Å²) < 4.78 is 0. The molecule has 0 heterocycles. The van der Waals surface area contributed by atoms with E-state index in [2.05, 4.69) is 52.4 Å². The molecule has 74 valence electrons. The topological polar surface area (TPSA) is 3.24 Å². The first kappa shape index (κ1) is 12.0. The maximum absolute atomic E-state index is 3.88. The Bertz CT molecular complexity index is 250. The number of hydrogen-bond donors (Lipinski definition) is 0. The molecule has 0 spiro atoms. The highest BCUT2D eigenvalue weighted by Crippen LogP contribution is 2.17. The fourth-order valence-electron chi connectivity index (χ4n) is 1.63. The van der Waals surface area contributed by atoms with Crippen molar-refractivity contribution < 1.29 is 0 Å². The van der Waals surface area contributed by atoms with Gasteiger partial charge in [0.2, 0.25) is 0 Å². The second kappa shape index (κ2) is 4.90. The molecular formula is C12H21N. The van der Waals surface area contributed by atoms with Crippen LogP contribution in [0.2, 0.25) is 0 Å². The van der Waals surface area contributed by atoms with Gasteiger partial charge in [0.25, 0.3) is 0 Å². The van der Waals surface area contributed by atoms with Gasteiger partial charge in [0.05, 0.1) is 0 Å². The summed E-state index contributed by atoms with van der Waals surface area (Å²) in [5.74, 6) is 0. The molecule has 0 aromatic rings. The van der Waals surface area contributed by atoms with Crippen LogP contribution in [0.3, 0.4) is 0 Å². The molecule has 0 amide bonds. The lowest BCUT2D eigenvalue weighted by Gasteiger charge is -2.20. The fraction of sp³-hybridized carbons (Fsp3) is 0.500. The van der Waals surface area contributed by atoms with E-state index in [9.17, 15) is 0 Å². The van der Waals surface area contributed by atoms with Gasteiger partial charge in [-0.2, -0.15) is 0 Å². The third-order valence-corrected chi connectivity index (χ3v) is 1.76. The maximum atomic E-state index is 3.88. The molecule has 13 heavy (non-hydrogen) atoms. The molecule has 0 aliphatic heterocycles. The van der Waals surface area contributed by atoms with Crippen LogP contribution in [-0.2, 0) is 0 Å². The van der Waals surface area contributed by atoms with E-state index < -0.39 is 0 Å². The van der Waals surface area contributed by atoms with Gasteiger partial charge in [-0.3, -0.25) is 0 Å². The normalized spacial score (nSPS) is 11.1. The second-order valence-electron chi connectivity index (χ2n) is 3.92. The minimum atomic E-state index is 1.10. The SMILES string of the molecule is C=C(C)/C=C(/C)C(=C(C)C)N(C)C. The minimum absolute atomic E-state index is 1.10. The number of allylic oxidation sites excluding steroid dienone is 4. The van der Waals surface area contributed by atoms with Crippen LogP contribution >= 0.6 is 0 Å². The number of likely N-dealkylation sites (N-methyl/N-ethyl adjacent to an activating group) is 1. The summed E-state index contributed by atoms with van der Waals surface area (Å²) in [4.78, 5) is 2.14. The molecule has 0 radical (unpaired) electrons. The van der Waals surface area contributed by atoms with Crippen molar-refractivity contribution in [3.63, 3.8) is 0 Å². The largest absolute Gasteiger partial charge is 0.378 e. The van der Waals surface area contributed by atoms with E-state index in [4.69, 9.17) is 0 Å². The molecule has 0 rings (SSSR count). The Morgan fingerprint density at radius 1 is 1.08 bits per heavy atom. The molecular weight excluding hydrogens is 158 g/mol. The predicted octanol–water partition coefficient (Wildman–Crippen LogP) is 3.36. The van der Waals surface area contributed by atoms with Crippen molar-refractivity contribution in [2.24, 2.45) is 0 Å². The molecule has 0 aromatic heterocycles. The Hall–Kier alpha value is -0.980. The van der Waals surface area contributed by atoms with E-state index in [0.717, 1.165) is 5.57 Å². The van der Waals surface area contributed by atoms with Crippen molar-refractivity contribution >= 4 is 0 Å². The summed E-state index contributed by atoms with van der Waals surface area (Å²) in [6.07, 6.45) is 2.11. The number of rotatable bonds is 3. The van der Waals surface area contributed by atoms with Crippen LogP contribution < -0.4 is 0 Å². The van der Waals surface area contributed by atoms with Gasteiger partial charge >= 0.3 is 0 Å². The van der Waals surface area contributed by atoms with Gasteiger partial charge in [-0.15, -0.1) is 0 Å². The maximum Gasteiger partial charge on any atom is 0.0377 e. The first-order valence-corrected chi connectivity index (χ1v) is 4.55. The van der Waals surface area contributed by atoms with E-state index in [0.29, 0.717) is 0 Å². The minimum Gasteiger partial charge on any atom is -0.378 e. The van der Waals surface area contributed by atoms with Crippen molar-refractivity contribution in [2.45, 2.75) is 27.7 Å². The molecule has 0 saturated carbocycles. The highest BCUT2D eigenvalue weighted by atomic mass is 15.1. The van der Waals surface area contributed by atoms with Crippen molar-refractivity contribution in [1.82, 2.24) is 4.90 Å². The van der Waals surface area contributed by atoms with Crippen LogP contribution in [0.25, 0.3) is 0 Å². The Morgan fingerprint density at radius 3 is 1.77 bits per heavy atom. The van der Waals surface area contributed by atoms with Gasteiger partial charge in [-0.1, -0.05) is 23.8 Å². The van der Waals surface area contributed by atoms with E-state index in [-0.39, 0.29) is 0 Å². The highest BCUT2D eigenvalue weighted by Gasteiger charge is 2.03. The van der Waals surface area contributed by atoms with E-state index in [1.807, 2.05) is 6.92 Å². The van der Waals surface area contributed by atoms with E-state index >= 15 is 0 Å². The Morgan fingerprint density at radius 2 is 1.54 bits per heavy atom. The smallest absolute Gasteiger partial charge is 0.0377 e.